The number of nitrogens with zero attached hydrogens (tertiary/aromatic N) is 4. The first-order chi connectivity index (χ1) is 14.1. The quantitative estimate of drug-likeness (QED) is 0.624. The molecule has 0 saturated carbocycles. The predicted octanol–water partition coefficient (Wildman–Crippen LogP) is 1.99. The van der Waals surface area contributed by atoms with Crippen molar-refractivity contribution in [2.24, 2.45) is 0 Å². The lowest BCUT2D eigenvalue weighted by atomic mass is 10.1. The molecule has 3 rings (SSSR count). The van der Waals surface area contributed by atoms with Crippen LogP contribution in [0, 0.1) is 0 Å². The summed E-state index contributed by atoms with van der Waals surface area (Å²) in [6.07, 6.45) is 3.07. The molecule has 0 aliphatic rings. The van der Waals surface area contributed by atoms with Crippen LogP contribution in [-0.4, -0.2) is 53.6 Å². The molecule has 10 nitrogen and oxygen atoms in total. The van der Waals surface area contributed by atoms with Crippen LogP contribution in [0.3, 0.4) is 0 Å². The largest absolute Gasteiger partial charge is 0.493 e. The van der Waals surface area contributed by atoms with Crippen LogP contribution in [0.5, 0.6) is 11.5 Å². The second-order valence-corrected chi connectivity index (χ2v) is 5.63. The first-order valence-corrected chi connectivity index (χ1v) is 8.34. The zero-order chi connectivity index (χ0) is 20.8. The Morgan fingerprint density at radius 3 is 2.28 bits per heavy atom. The molecule has 0 aliphatic carbocycles. The van der Waals surface area contributed by atoms with Gasteiger partial charge in [0.25, 0.3) is 5.91 Å². The maximum absolute atomic E-state index is 12.6. The van der Waals surface area contributed by atoms with Crippen LogP contribution in [0.15, 0.2) is 42.7 Å². The lowest BCUT2D eigenvalue weighted by Crippen LogP contribution is -2.17. The number of anilines is 1. The highest BCUT2D eigenvalue weighted by atomic mass is 16.5. The Morgan fingerprint density at radius 2 is 1.69 bits per heavy atom. The Labute approximate surface area is 165 Å². The van der Waals surface area contributed by atoms with Crippen molar-refractivity contribution in [2.45, 2.75) is 0 Å². The number of methoxy groups -OCH3 is 3. The summed E-state index contributed by atoms with van der Waals surface area (Å²) in [5.41, 5.74) is 1.60. The van der Waals surface area contributed by atoms with E-state index < -0.39 is 11.9 Å². The van der Waals surface area contributed by atoms with E-state index in [1.165, 1.54) is 51.9 Å². The van der Waals surface area contributed by atoms with Crippen molar-refractivity contribution in [3.63, 3.8) is 0 Å². The van der Waals surface area contributed by atoms with Crippen molar-refractivity contribution in [2.75, 3.05) is 26.6 Å². The molecule has 0 fully saturated rings. The summed E-state index contributed by atoms with van der Waals surface area (Å²) in [5.74, 6) is -0.551. The zero-order valence-electron chi connectivity index (χ0n) is 15.9. The molecule has 1 aromatic carbocycles. The monoisotopic (exact) mass is 395 g/mol. The van der Waals surface area contributed by atoms with E-state index in [2.05, 4.69) is 25.7 Å². The topological polar surface area (TPSA) is 125 Å². The summed E-state index contributed by atoms with van der Waals surface area (Å²) in [5, 5.41) is 18.1. The van der Waals surface area contributed by atoms with Crippen LogP contribution in [0.1, 0.15) is 20.8 Å². The fourth-order valence-electron chi connectivity index (χ4n) is 2.50. The van der Waals surface area contributed by atoms with E-state index in [1.54, 1.807) is 12.1 Å². The molecule has 0 unspecified atom stereocenters. The van der Waals surface area contributed by atoms with Crippen LogP contribution in [0.25, 0.3) is 11.3 Å². The summed E-state index contributed by atoms with van der Waals surface area (Å²) in [4.78, 5) is 24.7. The molecule has 2 aromatic heterocycles. The normalized spacial score (nSPS) is 10.2. The van der Waals surface area contributed by atoms with Gasteiger partial charge in [0.05, 0.1) is 50.7 Å². The van der Waals surface area contributed by atoms with E-state index in [9.17, 15) is 9.59 Å². The predicted molar refractivity (Wildman–Crippen MR) is 102 cm³/mol. The molecule has 2 heterocycles. The number of nitrogens with one attached hydrogen (secondary N) is 1. The molecule has 0 radical (unpaired) electrons. The highest BCUT2D eigenvalue weighted by Gasteiger charge is 2.20. The summed E-state index contributed by atoms with van der Waals surface area (Å²) < 4.78 is 15.2. The Balaban J connectivity index is 1.89. The lowest BCUT2D eigenvalue weighted by Gasteiger charge is -2.14. The number of hydrogen-bond acceptors (Lipinski definition) is 9. The fourth-order valence-corrected chi connectivity index (χ4v) is 2.50. The Morgan fingerprint density at radius 1 is 0.931 bits per heavy atom. The van der Waals surface area contributed by atoms with E-state index in [4.69, 9.17) is 14.2 Å². The van der Waals surface area contributed by atoms with E-state index in [-0.39, 0.29) is 16.9 Å². The Bertz CT molecular complexity index is 1030. The highest BCUT2D eigenvalue weighted by molar-refractivity contribution is 6.07. The summed E-state index contributed by atoms with van der Waals surface area (Å²) in [6.45, 7) is 0. The van der Waals surface area contributed by atoms with Gasteiger partial charge in [-0.15, -0.1) is 10.2 Å². The number of amides is 1. The SMILES string of the molecule is COC(=O)c1cc(OC)c(OC)cc1NC(=O)c1ccc(-c2ccnnc2)nn1. The van der Waals surface area contributed by atoms with Gasteiger partial charge in [-0.05, 0) is 18.2 Å². The van der Waals surface area contributed by atoms with Crippen LogP contribution in [0.4, 0.5) is 5.69 Å². The molecular formula is C19H17N5O5. The van der Waals surface area contributed by atoms with Crippen LogP contribution in [0.2, 0.25) is 0 Å². The molecule has 10 heteroatoms. The van der Waals surface area contributed by atoms with Gasteiger partial charge in [0.15, 0.2) is 17.2 Å². The van der Waals surface area contributed by atoms with Crippen molar-refractivity contribution in [3.05, 3.63) is 54.0 Å². The third-order valence-corrected chi connectivity index (χ3v) is 3.95. The van der Waals surface area contributed by atoms with Crippen molar-refractivity contribution in [1.29, 1.82) is 0 Å². The third-order valence-electron chi connectivity index (χ3n) is 3.95. The molecule has 0 spiro atoms. The van der Waals surface area contributed by atoms with Gasteiger partial charge in [-0.1, -0.05) is 0 Å². The summed E-state index contributed by atoms with van der Waals surface area (Å²) in [6, 6.07) is 7.76. The number of carbonyl (C=O) groups is 2. The van der Waals surface area contributed by atoms with Gasteiger partial charge in [0.1, 0.15) is 0 Å². The molecule has 3 aromatic rings. The Hall–Kier alpha value is -4.08. The number of benzene rings is 1. The zero-order valence-corrected chi connectivity index (χ0v) is 15.9. The fraction of sp³-hybridized carbons (Fsp3) is 0.158. The third kappa shape index (κ3) is 4.26. The maximum Gasteiger partial charge on any atom is 0.340 e. The number of carbonyl (C=O) groups excluding carboxylic acids is 2. The van der Waals surface area contributed by atoms with Gasteiger partial charge in [-0.25, -0.2) is 4.79 Å². The molecule has 148 valence electrons. The van der Waals surface area contributed by atoms with Gasteiger partial charge in [-0.2, -0.15) is 10.2 Å². The van der Waals surface area contributed by atoms with Crippen molar-refractivity contribution >= 4 is 17.6 Å². The molecule has 0 bridgehead atoms. The van der Waals surface area contributed by atoms with Crippen LogP contribution in [-0.2, 0) is 4.74 Å². The summed E-state index contributed by atoms with van der Waals surface area (Å²) >= 11 is 0. The van der Waals surface area contributed by atoms with Gasteiger partial charge in [-0.3, -0.25) is 4.79 Å². The lowest BCUT2D eigenvalue weighted by molar-refractivity contribution is 0.0601. The number of aromatic nitrogens is 4. The second-order valence-electron chi connectivity index (χ2n) is 5.63. The molecule has 0 atom stereocenters. The molecule has 29 heavy (non-hydrogen) atoms. The minimum Gasteiger partial charge on any atom is -0.493 e. The minimum atomic E-state index is -0.645. The van der Waals surface area contributed by atoms with Crippen molar-refractivity contribution in [1.82, 2.24) is 20.4 Å². The van der Waals surface area contributed by atoms with E-state index in [1.807, 2.05) is 0 Å². The smallest absolute Gasteiger partial charge is 0.340 e. The van der Waals surface area contributed by atoms with Gasteiger partial charge in [0.2, 0.25) is 0 Å². The van der Waals surface area contributed by atoms with Crippen molar-refractivity contribution in [3.8, 4) is 22.8 Å². The van der Waals surface area contributed by atoms with E-state index in [0.29, 0.717) is 22.8 Å². The number of rotatable bonds is 6. The van der Waals surface area contributed by atoms with Gasteiger partial charge < -0.3 is 19.5 Å². The van der Waals surface area contributed by atoms with E-state index >= 15 is 0 Å². The highest BCUT2D eigenvalue weighted by Crippen LogP contribution is 2.34. The number of esters is 1. The average Bonchev–Trinajstić information content (AvgIpc) is 2.78. The molecular weight excluding hydrogens is 378 g/mol. The minimum absolute atomic E-state index is 0.0568. The second kappa shape index (κ2) is 8.74. The molecule has 1 amide bonds. The average molecular weight is 395 g/mol. The number of hydrogen-bond donors (Lipinski definition) is 1. The molecule has 0 aliphatic heterocycles. The van der Waals surface area contributed by atoms with Crippen LogP contribution < -0.4 is 14.8 Å². The molecule has 0 saturated heterocycles. The van der Waals surface area contributed by atoms with Gasteiger partial charge in [0, 0.05) is 17.7 Å². The first-order valence-electron chi connectivity index (χ1n) is 8.34. The van der Waals surface area contributed by atoms with Gasteiger partial charge >= 0.3 is 5.97 Å². The Kier molecular flexibility index (Phi) is 5.93. The number of ether oxygens (including phenoxy) is 3. The maximum atomic E-state index is 12.6. The summed E-state index contributed by atoms with van der Waals surface area (Å²) in [7, 11) is 4.12. The van der Waals surface area contributed by atoms with E-state index in [0.717, 1.165) is 0 Å². The molecule has 1 N–H and O–H groups in total. The first kappa shape index (κ1) is 19.7. The van der Waals surface area contributed by atoms with Crippen LogP contribution >= 0.6 is 0 Å². The standard InChI is InChI=1S/C19H17N5O5/c1-27-16-8-12(19(26)29-3)15(9-17(16)28-2)22-18(25)14-5-4-13(23-24-14)11-6-7-20-21-10-11/h4-10H,1-3H3,(H,22,25). The van der Waals surface area contributed by atoms with Crippen molar-refractivity contribution < 1.29 is 23.8 Å².